The summed E-state index contributed by atoms with van der Waals surface area (Å²) in [7, 11) is 2.20. The van der Waals surface area contributed by atoms with Crippen molar-refractivity contribution in [2.45, 2.75) is 46.5 Å². The Morgan fingerprint density at radius 2 is 1.18 bits per heavy atom. The van der Waals surface area contributed by atoms with Crippen LogP contribution < -0.4 is 4.57 Å². The first-order chi connectivity index (χ1) is 18.4. The lowest BCUT2D eigenvalue weighted by Crippen LogP contribution is -2.31. The number of rotatable bonds is 5. The van der Waals surface area contributed by atoms with E-state index in [0.29, 0.717) is 11.8 Å². The van der Waals surface area contributed by atoms with E-state index < -0.39 is 0 Å². The van der Waals surface area contributed by atoms with Gasteiger partial charge >= 0.3 is 5.82 Å². The van der Waals surface area contributed by atoms with Gasteiger partial charge in [0.25, 0.3) is 0 Å². The maximum absolute atomic E-state index is 2.56. The molecule has 0 fully saturated rings. The minimum absolute atomic E-state index is 0.395. The highest BCUT2D eigenvalue weighted by molar-refractivity contribution is 5.94. The first-order valence-electron chi connectivity index (χ1n) is 13.7. The number of nitrogens with zero attached hydrogens (tertiary/aromatic N) is 3. The SMILES string of the molecule is Cc1c(-c2n(-c3ccccc3)c3ccccc3[n+]2C)n(-c2c(C(C)C)cccc2C(C)C)c2ccccc12. The molecule has 0 atom stereocenters. The fourth-order valence-electron chi connectivity index (χ4n) is 6.09. The molecule has 3 heteroatoms. The van der Waals surface area contributed by atoms with E-state index in [1.165, 1.54) is 55.8 Å². The van der Waals surface area contributed by atoms with Gasteiger partial charge in [-0.3, -0.25) is 0 Å². The molecule has 0 amide bonds. The zero-order valence-electron chi connectivity index (χ0n) is 23.2. The Bertz CT molecular complexity index is 1760. The summed E-state index contributed by atoms with van der Waals surface area (Å²) in [4.78, 5) is 0. The number of benzene rings is 4. The number of hydrogen-bond donors (Lipinski definition) is 0. The lowest BCUT2D eigenvalue weighted by atomic mass is 9.92. The number of imidazole rings is 1. The van der Waals surface area contributed by atoms with Crippen LogP contribution in [0.3, 0.4) is 0 Å². The van der Waals surface area contributed by atoms with Gasteiger partial charge < -0.3 is 4.57 Å². The molecule has 0 aliphatic carbocycles. The third kappa shape index (κ3) is 3.60. The van der Waals surface area contributed by atoms with Gasteiger partial charge in [0.05, 0.1) is 18.3 Å². The molecule has 2 heterocycles. The van der Waals surface area contributed by atoms with Crippen molar-refractivity contribution in [1.29, 1.82) is 0 Å². The molecule has 190 valence electrons. The van der Waals surface area contributed by atoms with Gasteiger partial charge in [0.1, 0.15) is 11.4 Å². The van der Waals surface area contributed by atoms with E-state index in [1.54, 1.807) is 0 Å². The van der Waals surface area contributed by atoms with Gasteiger partial charge in [-0.15, -0.1) is 0 Å². The quantitative estimate of drug-likeness (QED) is 0.211. The van der Waals surface area contributed by atoms with Gasteiger partial charge in [-0.2, -0.15) is 4.57 Å². The van der Waals surface area contributed by atoms with E-state index in [9.17, 15) is 0 Å². The van der Waals surface area contributed by atoms with Crippen molar-refractivity contribution in [3.05, 3.63) is 114 Å². The average molecular weight is 499 g/mol. The van der Waals surface area contributed by atoms with Crippen LogP contribution in [-0.2, 0) is 7.05 Å². The molecule has 0 radical (unpaired) electrons. The molecule has 0 aliphatic rings. The van der Waals surface area contributed by atoms with Gasteiger partial charge in [-0.25, -0.2) is 4.57 Å². The van der Waals surface area contributed by atoms with Crippen LogP contribution in [0.4, 0.5) is 0 Å². The van der Waals surface area contributed by atoms with E-state index in [4.69, 9.17) is 0 Å². The van der Waals surface area contributed by atoms with Crippen LogP contribution in [0.5, 0.6) is 0 Å². The monoisotopic (exact) mass is 498 g/mol. The number of aryl methyl sites for hydroxylation is 2. The topological polar surface area (TPSA) is 13.7 Å². The number of fused-ring (bicyclic) bond motifs is 2. The lowest BCUT2D eigenvalue weighted by molar-refractivity contribution is -0.634. The highest BCUT2D eigenvalue weighted by Crippen LogP contribution is 2.41. The zero-order valence-corrected chi connectivity index (χ0v) is 23.2. The van der Waals surface area contributed by atoms with Crippen molar-refractivity contribution in [2.24, 2.45) is 7.05 Å². The lowest BCUT2D eigenvalue weighted by Gasteiger charge is -2.23. The summed E-state index contributed by atoms with van der Waals surface area (Å²) in [5.74, 6) is 1.97. The van der Waals surface area contributed by atoms with E-state index in [1.807, 2.05) is 0 Å². The second-order valence-corrected chi connectivity index (χ2v) is 11.0. The molecular formula is C35H36N3+. The molecule has 6 aromatic rings. The Morgan fingerprint density at radius 3 is 1.84 bits per heavy atom. The van der Waals surface area contributed by atoms with Crippen LogP contribution in [0.1, 0.15) is 56.2 Å². The number of para-hydroxylation sites is 5. The number of hydrogen-bond acceptors (Lipinski definition) is 0. The second-order valence-electron chi connectivity index (χ2n) is 11.0. The Balaban J connectivity index is 1.85. The van der Waals surface area contributed by atoms with E-state index in [-0.39, 0.29) is 0 Å². The summed E-state index contributed by atoms with van der Waals surface area (Å²) in [6.07, 6.45) is 0. The fraction of sp³-hybridized carbons (Fsp3) is 0.229. The van der Waals surface area contributed by atoms with E-state index in [2.05, 4.69) is 152 Å². The highest BCUT2D eigenvalue weighted by atomic mass is 15.2. The average Bonchev–Trinajstić information content (AvgIpc) is 3.39. The molecule has 0 aliphatic heterocycles. The van der Waals surface area contributed by atoms with Crippen LogP contribution in [0, 0.1) is 6.92 Å². The van der Waals surface area contributed by atoms with Gasteiger partial charge in [0.2, 0.25) is 0 Å². The Labute approximate surface area is 225 Å². The Hall–Kier alpha value is -4.11. The molecule has 0 saturated heterocycles. The third-order valence-corrected chi connectivity index (χ3v) is 7.93. The summed E-state index contributed by atoms with van der Waals surface area (Å²) in [6.45, 7) is 11.5. The third-order valence-electron chi connectivity index (χ3n) is 7.93. The maximum atomic E-state index is 2.56. The van der Waals surface area contributed by atoms with Gasteiger partial charge in [0, 0.05) is 5.39 Å². The molecule has 4 aromatic carbocycles. The fourth-order valence-corrected chi connectivity index (χ4v) is 6.09. The van der Waals surface area contributed by atoms with Crippen molar-refractivity contribution in [3.8, 4) is 22.9 Å². The van der Waals surface area contributed by atoms with Gasteiger partial charge in [0.15, 0.2) is 11.0 Å². The highest BCUT2D eigenvalue weighted by Gasteiger charge is 2.33. The van der Waals surface area contributed by atoms with Crippen molar-refractivity contribution >= 4 is 21.9 Å². The smallest absolute Gasteiger partial charge is 0.302 e. The molecule has 0 unspecified atom stereocenters. The first-order valence-corrected chi connectivity index (χ1v) is 13.7. The molecule has 38 heavy (non-hydrogen) atoms. The number of aromatic nitrogens is 3. The molecule has 0 bridgehead atoms. The molecule has 6 rings (SSSR count). The van der Waals surface area contributed by atoms with E-state index in [0.717, 1.165) is 5.69 Å². The predicted octanol–water partition coefficient (Wildman–Crippen LogP) is 8.62. The van der Waals surface area contributed by atoms with Crippen LogP contribution in [-0.4, -0.2) is 9.13 Å². The van der Waals surface area contributed by atoms with Gasteiger partial charge in [-0.1, -0.05) is 94.4 Å². The second kappa shape index (κ2) is 9.33. The summed E-state index contributed by atoms with van der Waals surface area (Å²) in [6, 6.07) is 35.2. The minimum atomic E-state index is 0.395. The van der Waals surface area contributed by atoms with Crippen LogP contribution in [0.25, 0.3) is 44.8 Å². The maximum Gasteiger partial charge on any atom is 0.312 e. The van der Waals surface area contributed by atoms with E-state index >= 15 is 0 Å². The molecular weight excluding hydrogens is 462 g/mol. The summed E-state index contributed by atoms with van der Waals surface area (Å²) in [5.41, 5.74) is 11.4. The normalized spacial score (nSPS) is 11.9. The summed E-state index contributed by atoms with van der Waals surface area (Å²) < 4.78 is 7.36. The predicted molar refractivity (Wildman–Crippen MR) is 160 cm³/mol. The first kappa shape index (κ1) is 24.2. The molecule has 2 aromatic heterocycles. The molecule has 0 saturated carbocycles. The molecule has 0 N–H and O–H groups in total. The summed E-state index contributed by atoms with van der Waals surface area (Å²) >= 11 is 0. The summed E-state index contributed by atoms with van der Waals surface area (Å²) in [5, 5.41) is 1.29. The largest absolute Gasteiger partial charge is 0.312 e. The van der Waals surface area contributed by atoms with Crippen LogP contribution in [0.15, 0.2) is 97.1 Å². The van der Waals surface area contributed by atoms with Crippen LogP contribution in [0.2, 0.25) is 0 Å². The van der Waals surface area contributed by atoms with Crippen LogP contribution >= 0.6 is 0 Å². The van der Waals surface area contributed by atoms with Crippen molar-refractivity contribution < 1.29 is 4.57 Å². The van der Waals surface area contributed by atoms with Crippen molar-refractivity contribution in [2.75, 3.05) is 0 Å². The zero-order chi connectivity index (χ0) is 26.6. The minimum Gasteiger partial charge on any atom is -0.302 e. The Kier molecular flexibility index (Phi) is 5.95. The van der Waals surface area contributed by atoms with Crippen molar-refractivity contribution in [3.63, 3.8) is 0 Å². The molecule has 0 spiro atoms. The molecule has 3 nitrogen and oxygen atoms in total. The Morgan fingerprint density at radius 1 is 0.605 bits per heavy atom. The van der Waals surface area contributed by atoms with Crippen molar-refractivity contribution in [1.82, 2.24) is 9.13 Å². The van der Waals surface area contributed by atoms with Gasteiger partial charge in [-0.05, 0) is 65.8 Å². The standard InChI is InChI=1S/C35H36N3/c1-23(2)27-18-14-19-28(24(3)4)34(27)38-30-20-11-10-17-29(30)25(5)33(38)35-36(6)31-21-12-13-22-32(31)37(35)26-15-8-7-9-16-26/h7-24H,1-6H3/q+1.